The Bertz CT molecular complexity index is 1370. The highest BCUT2D eigenvalue weighted by molar-refractivity contribution is 9.10. The zero-order valence-electron chi connectivity index (χ0n) is 23.0. The highest BCUT2D eigenvalue weighted by atomic mass is 79.9. The molecule has 0 unspecified atom stereocenters. The third-order valence-electron chi connectivity index (χ3n) is 6.39. The molecule has 40 heavy (non-hydrogen) atoms. The molecule has 0 fully saturated rings. The summed E-state index contributed by atoms with van der Waals surface area (Å²) in [5.74, 6) is -0.0394. The van der Waals surface area contributed by atoms with Crippen LogP contribution in [-0.4, -0.2) is 57.6 Å². The lowest BCUT2D eigenvalue weighted by molar-refractivity contribution is -0.141. The monoisotopic (exact) mass is 629 g/mol. The summed E-state index contributed by atoms with van der Waals surface area (Å²) in [6.07, 6.45) is 1.80. The van der Waals surface area contributed by atoms with E-state index in [1.807, 2.05) is 61.5 Å². The molecule has 0 aromatic heterocycles. The van der Waals surface area contributed by atoms with Gasteiger partial charge >= 0.3 is 0 Å². The van der Waals surface area contributed by atoms with Crippen LogP contribution in [0.2, 0.25) is 0 Å². The van der Waals surface area contributed by atoms with Crippen molar-refractivity contribution >= 4 is 43.5 Å². The van der Waals surface area contributed by atoms with E-state index >= 15 is 0 Å². The summed E-state index contributed by atoms with van der Waals surface area (Å²) in [5.41, 5.74) is 2.23. The van der Waals surface area contributed by atoms with Crippen molar-refractivity contribution in [2.75, 3.05) is 30.8 Å². The van der Waals surface area contributed by atoms with E-state index in [0.29, 0.717) is 24.4 Å². The summed E-state index contributed by atoms with van der Waals surface area (Å²) in [4.78, 5) is 28.7. The topological polar surface area (TPSA) is 96.0 Å². The molecule has 0 aliphatic rings. The predicted molar refractivity (Wildman–Crippen MR) is 162 cm³/mol. The minimum absolute atomic E-state index is 0.0579. The second-order valence-electron chi connectivity index (χ2n) is 9.36. The van der Waals surface area contributed by atoms with E-state index in [4.69, 9.17) is 4.74 Å². The first kappa shape index (κ1) is 31.2. The van der Waals surface area contributed by atoms with Crippen molar-refractivity contribution in [2.24, 2.45) is 0 Å². The summed E-state index contributed by atoms with van der Waals surface area (Å²) < 4.78 is 32.9. The van der Waals surface area contributed by atoms with Gasteiger partial charge in [0.2, 0.25) is 21.8 Å². The molecule has 0 bridgehead atoms. The zero-order valence-corrected chi connectivity index (χ0v) is 25.4. The van der Waals surface area contributed by atoms with Crippen LogP contribution in [0.1, 0.15) is 30.9 Å². The molecule has 0 saturated carbocycles. The molecule has 3 rings (SSSR count). The van der Waals surface area contributed by atoms with Crippen LogP contribution >= 0.6 is 15.9 Å². The number of hydrogen-bond acceptors (Lipinski definition) is 5. The Kier molecular flexibility index (Phi) is 11.6. The third kappa shape index (κ3) is 8.82. The first-order chi connectivity index (χ1) is 19.1. The summed E-state index contributed by atoms with van der Waals surface area (Å²) >= 11 is 3.44. The molecule has 0 saturated heterocycles. The van der Waals surface area contributed by atoms with Crippen LogP contribution in [0.15, 0.2) is 83.3 Å². The van der Waals surface area contributed by atoms with Crippen LogP contribution in [0.3, 0.4) is 0 Å². The average Bonchev–Trinajstić information content (AvgIpc) is 2.94. The number of nitrogens with one attached hydrogen (secondary N) is 1. The lowest BCUT2D eigenvalue weighted by atomic mass is 10.0. The Labute approximate surface area is 245 Å². The van der Waals surface area contributed by atoms with Crippen LogP contribution in [-0.2, 0) is 32.6 Å². The molecular formula is C30H36BrN3O5S. The third-order valence-corrected chi connectivity index (χ3v) is 8.10. The number of sulfonamides is 1. The number of anilines is 1. The van der Waals surface area contributed by atoms with Crippen LogP contribution in [0.5, 0.6) is 5.75 Å². The molecule has 3 aromatic rings. The van der Waals surface area contributed by atoms with Crippen LogP contribution < -0.4 is 14.4 Å². The number of halogens is 1. The van der Waals surface area contributed by atoms with E-state index in [-0.39, 0.29) is 37.7 Å². The van der Waals surface area contributed by atoms with Crippen molar-refractivity contribution in [3.63, 3.8) is 0 Å². The Balaban J connectivity index is 1.87. The lowest BCUT2D eigenvalue weighted by Crippen LogP contribution is -2.50. The molecule has 0 radical (unpaired) electrons. The first-order valence-electron chi connectivity index (χ1n) is 13.1. The second kappa shape index (κ2) is 14.9. The highest BCUT2D eigenvalue weighted by Gasteiger charge is 2.30. The SMILES string of the molecule is CCNC(=O)[C@H](Cc1ccccc1)N(Cc1ccc(Br)cc1)C(=O)CCCN(c1ccccc1OC)S(C)(=O)=O. The zero-order chi connectivity index (χ0) is 29.1. The number of hydrogen-bond donors (Lipinski definition) is 1. The minimum atomic E-state index is -3.64. The standard InChI is InChI=1S/C30H36BrN3O5S/c1-4-32-30(36)27(21-23-11-6-5-7-12-23)33(22-24-16-18-25(31)19-17-24)29(35)15-10-20-34(40(3,37)38)26-13-8-9-14-28(26)39-2/h5-9,11-14,16-19,27H,4,10,15,20-22H2,1-3H3,(H,32,36)/t27-/m0/s1. The fourth-order valence-electron chi connectivity index (χ4n) is 4.45. The van der Waals surface area contributed by atoms with E-state index in [0.717, 1.165) is 21.9 Å². The lowest BCUT2D eigenvalue weighted by Gasteiger charge is -2.32. The largest absolute Gasteiger partial charge is 0.495 e. The summed E-state index contributed by atoms with van der Waals surface area (Å²) in [7, 11) is -2.16. The van der Waals surface area contributed by atoms with Gasteiger partial charge in [-0.3, -0.25) is 13.9 Å². The van der Waals surface area contributed by atoms with Crippen molar-refractivity contribution in [1.29, 1.82) is 0 Å². The quantitative estimate of drug-likeness (QED) is 0.277. The van der Waals surface area contributed by atoms with Crippen molar-refractivity contribution in [2.45, 2.75) is 38.8 Å². The number of likely N-dealkylation sites (N-methyl/N-ethyl adjacent to an activating group) is 1. The van der Waals surface area contributed by atoms with Crippen LogP contribution in [0, 0.1) is 0 Å². The van der Waals surface area contributed by atoms with Crippen molar-refractivity contribution in [1.82, 2.24) is 10.2 Å². The van der Waals surface area contributed by atoms with Crippen molar-refractivity contribution in [3.8, 4) is 5.75 Å². The molecule has 8 nitrogen and oxygen atoms in total. The Morgan fingerprint density at radius 2 is 1.60 bits per heavy atom. The molecule has 214 valence electrons. The predicted octanol–water partition coefficient (Wildman–Crippen LogP) is 4.78. The first-order valence-corrected chi connectivity index (χ1v) is 15.7. The fourth-order valence-corrected chi connectivity index (χ4v) is 5.68. The smallest absolute Gasteiger partial charge is 0.243 e. The molecule has 0 aliphatic carbocycles. The van der Waals surface area contributed by atoms with E-state index < -0.39 is 16.1 Å². The molecule has 10 heteroatoms. The molecule has 3 aromatic carbocycles. The van der Waals surface area contributed by atoms with Crippen LogP contribution in [0.4, 0.5) is 5.69 Å². The normalized spacial score (nSPS) is 11.9. The van der Waals surface area contributed by atoms with Crippen molar-refractivity contribution in [3.05, 3.63) is 94.5 Å². The number of para-hydroxylation sites is 2. The van der Waals surface area contributed by atoms with Gasteiger partial charge in [-0.25, -0.2) is 8.42 Å². The molecule has 1 N–H and O–H groups in total. The maximum absolute atomic E-state index is 13.8. The number of nitrogens with zero attached hydrogens (tertiary/aromatic N) is 2. The highest BCUT2D eigenvalue weighted by Crippen LogP contribution is 2.30. The Morgan fingerprint density at radius 3 is 2.23 bits per heavy atom. The number of carbonyl (C=O) groups excluding carboxylic acids is 2. The number of carbonyl (C=O) groups is 2. The van der Waals surface area contributed by atoms with Gasteiger partial charge in [0, 0.05) is 36.9 Å². The summed E-state index contributed by atoms with van der Waals surface area (Å²) in [6.45, 7) is 2.60. The molecule has 0 heterocycles. The van der Waals surface area contributed by atoms with Gasteiger partial charge in [-0.15, -0.1) is 0 Å². The van der Waals surface area contributed by atoms with Crippen LogP contribution in [0.25, 0.3) is 0 Å². The van der Waals surface area contributed by atoms with Gasteiger partial charge < -0.3 is 15.0 Å². The molecular weight excluding hydrogens is 594 g/mol. The van der Waals surface area contributed by atoms with Gasteiger partial charge in [-0.2, -0.15) is 0 Å². The van der Waals surface area contributed by atoms with Gasteiger partial charge in [-0.1, -0.05) is 70.5 Å². The van der Waals surface area contributed by atoms with E-state index in [2.05, 4.69) is 21.2 Å². The minimum Gasteiger partial charge on any atom is -0.495 e. The van der Waals surface area contributed by atoms with E-state index in [1.54, 1.807) is 29.2 Å². The average molecular weight is 631 g/mol. The Hall–Kier alpha value is -3.37. The molecule has 1 atom stereocenters. The van der Waals surface area contributed by atoms with Gasteiger partial charge in [0.15, 0.2) is 0 Å². The van der Waals surface area contributed by atoms with Gasteiger partial charge in [-0.05, 0) is 48.7 Å². The number of methoxy groups -OCH3 is 1. The molecule has 0 spiro atoms. The molecule has 0 aliphatic heterocycles. The van der Waals surface area contributed by atoms with Gasteiger partial charge in [0.1, 0.15) is 11.8 Å². The van der Waals surface area contributed by atoms with Crippen molar-refractivity contribution < 1.29 is 22.7 Å². The van der Waals surface area contributed by atoms with E-state index in [1.165, 1.54) is 11.4 Å². The van der Waals surface area contributed by atoms with E-state index in [9.17, 15) is 18.0 Å². The number of ether oxygens (including phenoxy) is 1. The molecule has 2 amide bonds. The fraction of sp³-hybridized carbons (Fsp3) is 0.333. The maximum atomic E-state index is 13.8. The van der Waals surface area contributed by atoms with Gasteiger partial charge in [0.05, 0.1) is 19.1 Å². The summed E-state index contributed by atoms with van der Waals surface area (Å²) in [6, 6.07) is 23.3. The number of amides is 2. The summed E-state index contributed by atoms with van der Waals surface area (Å²) in [5, 5.41) is 2.88. The Morgan fingerprint density at radius 1 is 0.950 bits per heavy atom. The second-order valence-corrected chi connectivity index (χ2v) is 12.2. The number of rotatable bonds is 14. The maximum Gasteiger partial charge on any atom is 0.243 e. The van der Waals surface area contributed by atoms with Gasteiger partial charge in [0.25, 0.3) is 0 Å². The number of benzene rings is 3.